The van der Waals surface area contributed by atoms with Gasteiger partial charge in [0.25, 0.3) is 5.91 Å². The largest absolute Gasteiger partial charge is 0.436 e. The van der Waals surface area contributed by atoms with Gasteiger partial charge in [0.05, 0.1) is 5.69 Å². The molecule has 0 aliphatic rings. The number of hydrogen-bond donors (Lipinski definition) is 2. The van der Waals surface area contributed by atoms with Crippen LogP contribution in [0.1, 0.15) is 29.1 Å². The zero-order chi connectivity index (χ0) is 10.7. The quantitative estimate of drug-likeness (QED) is 0.733. The molecule has 1 amide bonds. The second-order valence-electron chi connectivity index (χ2n) is 3.26. The average molecular weight is 197 g/mol. The molecule has 1 atom stereocenters. The number of nitrogens with one attached hydrogen (secondary N) is 1. The summed E-state index contributed by atoms with van der Waals surface area (Å²) in [4.78, 5) is 15.6. The van der Waals surface area contributed by atoms with E-state index in [0.717, 1.165) is 0 Å². The van der Waals surface area contributed by atoms with Crippen molar-refractivity contribution >= 4 is 5.91 Å². The summed E-state index contributed by atoms with van der Waals surface area (Å²) >= 11 is 0. The molecule has 0 aliphatic carbocycles. The second-order valence-corrected chi connectivity index (χ2v) is 3.26. The van der Waals surface area contributed by atoms with E-state index in [-0.39, 0.29) is 17.7 Å². The molecular formula is C9H15N3O2. The highest BCUT2D eigenvalue weighted by Gasteiger charge is 2.16. The van der Waals surface area contributed by atoms with Gasteiger partial charge < -0.3 is 15.5 Å². The lowest BCUT2D eigenvalue weighted by Gasteiger charge is -2.09. The van der Waals surface area contributed by atoms with Crippen molar-refractivity contribution in [2.45, 2.75) is 26.8 Å². The van der Waals surface area contributed by atoms with Gasteiger partial charge in [-0.05, 0) is 13.8 Å². The number of amides is 1. The van der Waals surface area contributed by atoms with Crippen molar-refractivity contribution < 1.29 is 9.21 Å². The fraction of sp³-hybridized carbons (Fsp3) is 0.556. The number of carbonyl (C=O) groups is 1. The fourth-order valence-electron chi connectivity index (χ4n) is 1.09. The van der Waals surface area contributed by atoms with Crippen molar-refractivity contribution in [1.82, 2.24) is 10.3 Å². The Kier molecular flexibility index (Phi) is 3.24. The molecule has 0 aromatic carbocycles. The monoisotopic (exact) mass is 197 g/mol. The number of oxazole rings is 1. The van der Waals surface area contributed by atoms with E-state index in [1.54, 1.807) is 13.8 Å². The van der Waals surface area contributed by atoms with Gasteiger partial charge in [0.2, 0.25) is 5.76 Å². The lowest BCUT2D eigenvalue weighted by molar-refractivity contribution is 0.0911. The van der Waals surface area contributed by atoms with Crippen LogP contribution >= 0.6 is 0 Å². The van der Waals surface area contributed by atoms with E-state index in [4.69, 9.17) is 10.2 Å². The van der Waals surface area contributed by atoms with Crippen molar-refractivity contribution in [3.05, 3.63) is 17.3 Å². The molecule has 5 heteroatoms. The minimum Gasteiger partial charge on any atom is -0.436 e. The first-order chi connectivity index (χ1) is 6.54. The molecule has 0 aliphatic heterocycles. The minimum atomic E-state index is -0.263. The van der Waals surface area contributed by atoms with Gasteiger partial charge in [-0.2, -0.15) is 0 Å². The molecule has 0 saturated heterocycles. The van der Waals surface area contributed by atoms with E-state index in [2.05, 4.69) is 10.3 Å². The molecule has 1 aromatic heterocycles. The van der Waals surface area contributed by atoms with E-state index in [9.17, 15) is 4.79 Å². The number of rotatable bonds is 3. The highest BCUT2D eigenvalue weighted by atomic mass is 16.4. The average Bonchev–Trinajstić information content (AvgIpc) is 2.45. The van der Waals surface area contributed by atoms with Gasteiger partial charge >= 0.3 is 0 Å². The highest BCUT2D eigenvalue weighted by Crippen LogP contribution is 2.08. The summed E-state index contributed by atoms with van der Waals surface area (Å²) in [6.45, 7) is 5.67. The summed E-state index contributed by atoms with van der Waals surface area (Å²) in [5.74, 6) is 0.497. The normalized spacial score (nSPS) is 12.6. The number of aromatic nitrogens is 1. The van der Waals surface area contributed by atoms with Crippen LogP contribution in [0.15, 0.2) is 4.42 Å². The molecule has 5 nitrogen and oxygen atoms in total. The molecule has 1 aromatic rings. The SMILES string of the molecule is Cc1nc(C)c(C(=O)NC(C)CN)o1. The molecule has 1 heterocycles. The van der Waals surface area contributed by atoms with E-state index in [0.29, 0.717) is 18.1 Å². The van der Waals surface area contributed by atoms with Gasteiger partial charge in [-0.15, -0.1) is 0 Å². The third-order valence-corrected chi connectivity index (χ3v) is 1.84. The number of carbonyl (C=O) groups excluding carboxylic acids is 1. The van der Waals surface area contributed by atoms with E-state index < -0.39 is 0 Å². The molecule has 1 rings (SSSR count). The van der Waals surface area contributed by atoms with Crippen molar-refractivity contribution in [1.29, 1.82) is 0 Å². The fourth-order valence-corrected chi connectivity index (χ4v) is 1.09. The predicted octanol–water partition coefficient (Wildman–Crippen LogP) is 0.368. The Hall–Kier alpha value is -1.36. The summed E-state index contributed by atoms with van der Waals surface area (Å²) in [6.07, 6.45) is 0. The first-order valence-corrected chi connectivity index (χ1v) is 4.49. The topological polar surface area (TPSA) is 81.2 Å². The molecule has 0 bridgehead atoms. The second kappa shape index (κ2) is 4.23. The Morgan fingerprint density at radius 2 is 2.29 bits per heavy atom. The van der Waals surface area contributed by atoms with Crippen LogP contribution < -0.4 is 11.1 Å². The lowest BCUT2D eigenvalue weighted by Crippen LogP contribution is -2.37. The van der Waals surface area contributed by atoms with Crippen molar-refractivity contribution in [2.75, 3.05) is 6.54 Å². The Bertz CT molecular complexity index is 333. The van der Waals surface area contributed by atoms with Crippen molar-refractivity contribution in [3.8, 4) is 0 Å². The zero-order valence-electron chi connectivity index (χ0n) is 8.63. The smallest absolute Gasteiger partial charge is 0.289 e. The van der Waals surface area contributed by atoms with Crippen molar-refractivity contribution in [3.63, 3.8) is 0 Å². The Morgan fingerprint density at radius 1 is 1.64 bits per heavy atom. The highest BCUT2D eigenvalue weighted by molar-refractivity contribution is 5.92. The molecule has 78 valence electrons. The predicted molar refractivity (Wildman–Crippen MR) is 52.0 cm³/mol. The van der Waals surface area contributed by atoms with Gasteiger partial charge in [-0.25, -0.2) is 4.98 Å². The van der Waals surface area contributed by atoms with Crippen LogP contribution in [0.4, 0.5) is 0 Å². The standard InChI is InChI=1S/C9H15N3O2/c1-5(4-10)11-9(13)8-6(2)12-7(3)14-8/h5H,4,10H2,1-3H3,(H,11,13). The molecule has 3 N–H and O–H groups in total. The summed E-state index contributed by atoms with van der Waals surface area (Å²) in [5.41, 5.74) is 5.98. The third-order valence-electron chi connectivity index (χ3n) is 1.84. The van der Waals surface area contributed by atoms with Gasteiger partial charge in [0.15, 0.2) is 5.89 Å². The molecule has 0 saturated carbocycles. The summed E-state index contributed by atoms with van der Waals surface area (Å²) in [6, 6.07) is -0.0627. The maximum atomic E-state index is 11.5. The van der Waals surface area contributed by atoms with Crippen LogP contribution in [-0.4, -0.2) is 23.5 Å². The molecule has 0 fully saturated rings. The maximum absolute atomic E-state index is 11.5. The third kappa shape index (κ3) is 2.32. The van der Waals surface area contributed by atoms with Gasteiger partial charge in [0, 0.05) is 19.5 Å². The molecule has 1 unspecified atom stereocenters. The number of hydrogen-bond acceptors (Lipinski definition) is 4. The summed E-state index contributed by atoms with van der Waals surface area (Å²) in [7, 11) is 0. The molecule has 14 heavy (non-hydrogen) atoms. The Labute approximate surface area is 82.7 Å². The summed E-state index contributed by atoms with van der Waals surface area (Å²) < 4.78 is 5.16. The van der Waals surface area contributed by atoms with Gasteiger partial charge in [-0.3, -0.25) is 4.79 Å². The van der Waals surface area contributed by atoms with Crippen LogP contribution in [0.5, 0.6) is 0 Å². The van der Waals surface area contributed by atoms with E-state index in [1.807, 2.05) is 6.92 Å². The Balaban J connectivity index is 2.74. The number of aryl methyl sites for hydroxylation is 2. The number of nitrogens with zero attached hydrogens (tertiary/aromatic N) is 1. The van der Waals surface area contributed by atoms with Gasteiger partial charge in [0.1, 0.15) is 0 Å². The summed E-state index contributed by atoms with van der Waals surface area (Å²) in [5, 5.41) is 2.70. The first kappa shape index (κ1) is 10.7. The minimum absolute atomic E-state index is 0.0627. The molecule has 0 radical (unpaired) electrons. The first-order valence-electron chi connectivity index (χ1n) is 4.49. The molecule has 0 spiro atoms. The van der Waals surface area contributed by atoms with Crippen LogP contribution in [-0.2, 0) is 0 Å². The van der Waals surface area contributed by atoms with Crippen LogP contribution in [0.2, 0.25) is 0 Å². The van der Waals surface area contributed by atoms with Crippen molar-refractivity contribution in [2.24, 2.45) is 5.73 Å². The lowest BCUT2D eigenvalue weighted by atomic mass is 10.3. The van der Waals surface area contributed by atoms with E-state index >= 15 is 0 Å². The van der Waals surface area contributed by atoms with Gasteiger partial charge in [-0.1, -0.05) is 0 Å². The van der Waals surface area contributed by atoms with Crippen LogP contribution in [0.25, 0.3) is 0 Å². The number of nitrogens with two attached hydrogens (primary N) is 1. The van der Waals surface area contributed by atoms with Crippen LogP contribution in [0, 0.1) is 13.8 Å². The van der Waals surface area contributed by atoms with E-state index in [1.165, 1.54) is 0 Å². The maximum Gasteiger partial charge on any atom is 0.289 e. The molecular weight excluding hydrogens is 182 g/mol. The Morgan fingerprint density at radius 3 is 2.71 bits per heavy atom. The van der Waals surface area contributed by atoms with Crippen LogP contribution in [0.3, 0.4) is 0 Å². The zero-order valence-corrected chi connectivity index (χ0v) is 8.63.